The van der Waals surface area contributed by atoms with E-state index in [-0.39, 0.29) is 0 Å². The highest BCUT2D eigenvalue weighted by Crippen LogP contribution is 2.40. The molecule has 0 amide bonds. The monoisotopic (exact) mass is 275 g/mol. The van der Waals surface area contributed by atoms with Crippen LogP contribution in [0.4, 0.5) is 0 Å². The standard InChI is InChI=1S/C16H21NOS/c1-17(13-6-8-14(18)9-7-13)10-12-11-19-16-5-3-2-4-15(12)16/h2-5,12-13H,6-11H2,1H3. The summed E-state index contributed by atoms with van der Waals surface area (Å²) in [6, 6.07) is 9.40. The second-order valence-electron chi connectivity index (χ2n) is 5.76. The lowest BCUT2D eigenvalue weighted by Gasteiger charge is -2.32. The van der Waals surface area contributed by atoms with Crippen LogP contribution >= 0.6 is 11.8 Å². The number of nitrogens with zero attached hydrogens (tertiary/aromatic N) is 1. The molecule has 0 N–H and O–H groups in total. The number of hydrogen-bond donors (Lipinski definition) is 0. The van der Waals surface area contributed by atoms with Crippen molar-refractivity contribution in [2.24, 2.45) is 0 Å². The topological polar surface area (TPSA) is 20.3 Å². The van der Waals surface area contributed by atoms with Crippen molar-refractivity contribution in [2.75, 3.05) is 19.3 Å². The van der Waals surface area contributed by atoms with Gasteiger partial charge in [0.05, 0.1) is 0 Å². The highest BCUT2D eigenvalue weighted by atomic mass is 32.2. The van der Waals surface area contributed by atoms with Crippen LogP contribution in [0, 0.1) is 0 Å². The van der Waals surface area contributed by atoms with Crippen molar-refractivity contribution >= 4 is 17.5 Å². The van der Waals surface area contributed by atoms with Gasteiger partial charge in [0.1, 0.15) is 5.78 Å². The molecule has 3 heteroatoms. The molecule has 1 fully saturated rings. The number of fused-ring (bicyclic) bond motifs is 1. The smallest absolute Gasteiger partial charge is 0.133 e. The van der Waals surface area contributed by atoms with Gasteiger partial charge in [0.2, 0.25) is 0 Å². The lowest BCUT2D eigenvalue weighted by molar-refractivity contribution is -0.121. The normalized spacial score (nSPS) is 23.9. The van der Waals surface area contributed by atoms with Crippen LogP contribution in [-0.4, -0.2) is 36.1 Å². The first-order valence-corrected chi connectivity index (χ1v) is 8.16. The molecule has 1 heterocycles. The van der Waals surface area contributed by atoms with Gasteiger partial charge in [-0.2, -0.15) is 0 Å². The van der Waals surface area contributed by atoms with Gasteiger partial charge in [-0.05, 0) is 31.5 Å². The molecule has 1 aliphatic heterocycles. The van der Waals surface area contributed by atoms with E-state index in [2.05, 4.69) is 36.2 Å². The van der Waals surface area contributed by atoms with Gasteiger partial charge in [0, 0.05) is 42.0 Å². The zero-order valence-electron chi connectivity index (χ0n) is 11.5. The van der Waals surface area contributed by atoms with E-state index in [9.17, 15) is 4.79 Å². The summed E-state index contributed by atoms with van der Waals surface area (Å²) in [6.07, 6.45) is 3.67. The maximum absolute atomic E-state index is 11.3. The molecule has 1 aromatic rings. The van der Waals surface area contributed by atoms with Crippen LogP contribution in [0.5, 0.6) is 0 Å². The molecule has 19 heavy (non-hydrogen) atoms. The molecule has 3 rings (SSSR count). The zero-order chi connectivity index (χ0) is 13.2. The Labute approximate surface area is 119 Å². The van der Waals surface area contributed by atoms with Crippen LogP contribution in [-0.2, 0) is 4.79 Å². The van der Waals surface area contributed by atoms with Crippen molar-refractivity contribution in [3.05, 3.63) is 29.8 Å². The zero-order valence-corrected chi connectivity index (χ0v) is 12.3. The van der Waals surface area contributed by atoms with Crippen LogP contribution in [0.3, 0.4) is 0 Å². The summed E-state index contributed by atoms with van der Waals surface area (Å²) in [5.41, 5.74) is 1.52. The van der Waals surface area contributed by atoms with Gasteiger partial charge in [-0.3, -0.25) is 4.79 Å². The number of benzene rings is 1. The van der Waals surface area contributed by atoms with E-state index in [1.165, 1.54) is 16.2 Å². The number of Topliss-reactive ketones (excluding diaryl/α,β-unsaturated/α-hetero) is 1. The van der Waals surface area contributed by atoms with Crippen molar-refractivity contribution in [3.63, 3.8) is 0 Å². The van der Waals surface area contributed by atoms with Gasteiger partial charge in [0.25, 0.3) is 0 Å². The molecule has 2 aliphatic rings. The molecular formula is C16H21NOS. The quantitative estimate of drug-likeness (QED) is 0.844. The Hall–Kier alpha value is -0.800. The maximum Gasteiger partial charge on any atom is 0.133 e. The summed E-state index contributed by atoms with van der Waals surface area (Å²) >= 11 is 1.98. The first-order chi connectivity index (χ1) is 9.24. The third-order valence-corrected chi connectivity index (χ3v) is 5.70. The molecule has 1 atom stereocenters. The van der Waals surface area contributed by atoms with Crippen LogP contribution in [0.1, 0.15) is 37.2 Å². The molecular weight excluding hydrogens is 254 g/mol. The first kappa shape index (κ1) is 13.2. The van der Waals surface area contributed by atoms with E-state index in [1.54, 1.807) is 0 Å². The molecule has 0 spiro atoms. The van der Waals surface area contributed by atoms with E-state index in [1.807, 2.05) is 11.8 Å². The molecule has 1 aliphatic carbocycles. The molecule has 1 aromatic carbocycles. The van der Waals surface area contributed by atoms with Gasteiger partial charge in [-0.25, -0.2) is 0 Å². The van der Waals surface area contributed by atoms with Crippen molar-refractivity contribution in [1.29, 1.82) is 0 Å². The molecule has 102 valence electrons. The molecule has 0 bridgehead atoms. The van der Waals surface area contributed by atoms with Gasteiger partial charge < -0.3 is 4.90 Å². The van der Waals surface area contributed by atoms with Gasteiger partial charge in [-0.15, -0.1) is 11.8 Å². The van der Waals surface area contributed by atoms with E-state index in [0.717, 1.165) is 32.2 Å². The minimum atomic E-state index is 0.450. The van der Waals surface area contributed by atoms with E-state index in [0.29, 0.717) is 17.7 Å². The predicted octanol–water partition coefficient (Wildman–Crippen LogP) is 3.32. The predicted molar refractivity (Wildman–Crippen MR) is 79.8 cm³/mol. The lowest BCUT2D eigenvalue weighted by atomic mass is 9.92. The van der Waals surface area contributed by atoms with Crippen molar-refractivity contribution in [3.8, 4) is 0 Å². The highest BCUT2D eigenvalue weighted by Gasteiger charge is 2.28. The minimum absolute atomic E-state index is 0.450. The minimum Gasteiger partial charge on any atom is -0.303 e. The van der Waals surface area contributed by atoms with E-state index < -0.39 is 0 Å². The van der Waals surface area contributed by atoms with Crippen LogP contribution in [0.25, 0.3) is 0 Å². The summed E-state index contributed by atoms with van der Waals surface area (Å²) < 4.78 is 0. The fraction of sp³-hybridized carbons (Fsp3) is 0.562. The maximum atomic E-state index is 11.3. The van der Waals surface area contributed by atoms with Crippen molar-refractivity contribution in [1.82, 2.24) is 4.90 Å². The van der Waals surface area contributed by atoms with Gasteiger partial charge >= 0.3 is 0 Å². The van der Waals surface area contributed by atoms with Crippen molar-refractivity contribution in [2.45, 2.75) is 42.5 Å². The Morgan fingerprint density at radius 2 is 2.00 bits per heavy atom. The fourth-order valence-electron chi connectivity index (χ4n) is 3.24. The summed E-state index contributed by atoms with van der Waals surface area (Å²) in [5.74, 6) is 2.31. The third kappa shape index (κ3) is 2.87. The van der Waals surface area contributed by atoms with Crippen LogP contribution in [0.15, 0.2) is 29.2 Å². The highest BCUT2D eigenvalue weighted by molar-refractivity contribution is 7.99. The average Bonchev–Trinajstić information content (AvgIpc) is 2.83. The number of hydrogen-bond acceptors (Lipinski definition) is 3. The van der Waals surface area contributed by atoms with Crippen LogP contribution in [0.2, 0.25) is 0 Å². The number of thioether (sulfide) groups is 1. The molecule has 1 unspecified atom stereocenters. The fourth-order valence-corrected chi connectivity index (χ4v) is 4.48. The van der Waals surface area contributed by atoms with Gasteiger partial charge in [-0.1, -0.05) is 18.2 Å². The number of rotatable bonds is 3. The Kier molecular flexibility index (Phi) is 3.94. The molecule has 0 radical (unpaired) electrons. The lowest BCUT2D eigenvalue weighted by Crippen LogP contribution is -2.37. The third-order valence-electron chi connectivity index (χ3n) is 4.44. The Morgan fingerprint density at radius 1 is 1.26 bits per heavy atom. The van der Waals surface area contributed by atoms with Crippen LogP contribution < -0.4 is 0 Å². The van der Waals surface area contributed by atoms with E-state index in [4.69, 9.17) is 0 Å². The Morgan fingerprint density at radius 3 is 2.79 bits per heavy atom. The summed E-state index contributed by atoms with van der Waals surface area (Å²) in [7, 11) is 2.23. The summed E-state index contributed by atoms with van der Waals surface area (Å²) in [5, 5.41) is 0. The number of carbonyl (C=O) groups excluding carboxylic acids is 1. The SMILES string of the molecule is CN(CC1CSc2ccccc21)C1CCC(=O)CC1. The number of ketones is 1. The number of carbonyl (C=O) groups is 1. The Bertz CT molecular complexity index is 464. The second kappa shape index (κ2) is 5.68. The molecule has 0 saturated heterocycles. The van der Waals surface area contributed by atoms with E-state index >= 15 is 0 Å². The van der Waals surface area contributed by atoms with Gasteiger partial charge in [0.15, 0.2) is 0 Å². The Balaban J connectivity index is 1.61. The largest absolute Gasteiger partial charge is 0.303 e. The molecule has 0 aromatic heterocycles. The molecule has 1 saturated carbocycles. The first-order valence-electron chi connectivity index (χ1n) is 7.17. The average molecular weight is 275 g/mol. The van der Waals surface area contributed by atoms with Crippen molar-refractivity contribution < 1.29 is 4.79 Å². The number of likely N-dealkylation sites (N-methyl/N-ethyl adjacent to an activating group) is 1. The molecule has 2 nitrogen and oxygen atoms in total. The summed E-state index contributed by atoms with van der Waals surface area (Å²) in [6.45, 7) is 1.13. The second-order valence-corrected chi connectivity index (χ2v) is 6.82. The summed E-state index contributed by atoms with van der Waals surface area (Å²) in [4.78, 5) is 15.3.